The molecule has 0 aliphatic rings. The average molecular weight is 240 g/mol. The number of rotatable bonds is 3. The predicted molar refractivity (Wildman–Crippen MR) is 50.7 cm³/mol. The first-order chi connectivity index (χ1) is 6.57. The Balaban J connectivity index is 0. The van der Waals surface area contributed by atoms with Crippen molar-refractivity contribution in [1.82, 2.24) is 0 Å². The van der Waals surface area contributed by atoms with Crippen molar-refractivity contribution in [1.29, 1.82) is 0 Å². The SMILES string of the molecule is O=C(O)c1cccc(CCl)c1[N+](=O)[O-].[H-].[Na+]. The van der Waals surface area contributed by atoms with Gasteiger partial charge in [-0.05, 0) is 6.07 Å². The van der Waals surface area contributed by atoms with E-state index in [1.165, 1.54) is 18.2 Å². The molecule has 15 heavy (non-hydrogen) atoms. The minimum Gasteiger partial charge on any atom is -1.00 e. The summed E-state index contributed by atoms with van der Waals surface area (Å²) in [5, 5.41) is 19.3. The number of carboxylic acids is 1. The summed E-state index contributed by atoms with van der Waals surface area (Å²) < 4.78 is 0. The van der Waals surface area contributed by atoms with Gasteiger partial charge in [0.25, 0.3) is 5.69 Å². The smallest absolute Gasteiger partial charge is 1.00 e. The third-order valence-corrected chi connectivity index (χ3v) is 1.96. The minimum atomic E-state index is -1.33. The molecule has 1 aromatic rings. The zero-order valence-electron chi connectivity index (χ0n) is 8.94. The van der Waals surface area contributed by atoms with Crippen molar-refractivity contribution in [3.8, 4) is 0 Å². The van der Waals surface area contributed by atoms with Crippen LogP contribution in [0.2, 0.25) is 0 Å². The van der Waals surface area contributed by atoms with Crippen molar-refractivity contribution in [2.75, 3.05) is 0 Å². The van der Waals surface area contributed by atoms with E-state index in [-0.39, 0.29) is 48.0 Å². The van der Waals surface area contributed by atoms with Crippen LogP contribution in [-0.2, 0) is 5.88 Å². The number of nitrogens with zero attached hydrogens (tertiary/aromatic N) is 1. The third kappa shape index (κ3) is 3.17. The van der Waals surface area contributed by atoms with Crippen molar-refractivity contribution in [2.24, 2.45) is 0 Å². The van der Waals surface area contributed by atoms with E-state index in [9.17, 15) is 14.9 Å². The number of nitro benzene ring substituents is 1. The van der Waals surface area contributed by atoms with Gasteiger partial charge in [-0.3, -0.25) is 10.1 Å². The normalized spacial score (nSPS) is 9.13. The Morgan fingerprint density at radius 1 is 1.60 bits per heavy atom. The first-order valence-electron chi connectivity index (χ1n) is 3.63. The van der Waals surface area contributed by atoms with Gasteiger partial charge < -0.3 is 6.53 Å². The number of aromatic carboxylic acids is 1. The Hall–Kier alpha value is -0.620. The van der Waals surface area contributed by atoms with E-state index in [4.69, 9.17) is 16.7 Å². The monoisotopic (exact) mass is 239 g/mol. The number of halogens is 1. The molecule has 1 N–H and O–H groups in total. The standard InChI is InChI=1S/C8H6ClNO4.Na.H/c9-4-5-2-1-3-6(8(11)12)7(5)10(13)14;;/h1-3H,4H2,(H,11,12);;/q;+1;-1. The second kappa shape index (κ2) is 6.07. The Morgan fingerprint density at radius 2 is 2.20 bits per heavy atom. The summed E-state index contributed by atoms with van der Waals surface area (Å²) >= 11 is 5.46. The van der Waals surface area contributed by atoms with E-state index in [1.54, 1.807) is 0 Å². The third-order valence-electron chi connectivity index (χ3n) is 1.68. The Labute approximate surface area is 114 Å². The summed E-state index contributed by atoms with van der Waals surface area (Å²) in [5.41, 5.74) is -0.570. The molecule has 0 saturated carbocycles. The van der Waals surface area contributed by atoms with E-state index in [0.29, 0.717) is 0 Å². The van der Waals surface area contributed by atoms with Crippen LogP contribution >= 0.6 is 11.6 Å². The molecule has 5 nitrogen and oxygen atoms in total. The average Bonchev–Trinajstić information content (AvgIpc) is 2.16. The van der Waals surface area contributed by atoms with Crippen molar-refractivity contribution < 1.29 is 45.8 Å². The van der Waals surface area contributed by atoms with Crippen molar-refractivity contribution in [3.05, 3.63) is 39.4 Å². The maximum Gasteiger partial charge on any atom is 1.00 e. The van der Waals surface area contributed by atoms with Gasteiger partial charge in [-0.1, -0.05) is 12.1 Å². The minimum absolute atomic E-state index is 0. The van der Waals surface area contributed by atoms with Crippen LogP contribution < -0.4 is 29.6 Å². The van der Waals surface area contributed by atoms with Gasteiger partial charge in [0.15, 0.2) is 0 Å². The first-order valence-corrected chi connectivity index (χ1v) is 4.17. The molecule has 7 heteroatoms. The molecule has 0 spiro atoms. The van der Waals surface area contributed by atoms with Gasteiger partial charge >= 0.3 is 35.5 Å². The number of carboxylic acid groups (broad SMARTS) is 1. The van der Waals surface area contributed by atoms with Crippen molar-refractivity contribution in [2.45, 2.75) is 5.88 Å². The van der Waals surface area contributed by atoms with Crippen LogP contribution in [0.1, 0.15) is 17.3 Å². The summed E-state index contributed by atoms with van der Waals surface area (Å²) in [6.07, 6.45) is 0. The summed E-state index contributed by atoms with van der Waals surface area (Å²) in [5.74, 6) is -1.42. The molecule has 0 aliphatic carbocycles. The summed E-state index contributed by atoms with van der Waals surface area (Å²) in [6, 6.07) is 4.03. The van der Waals surface area contributed by atoms with E-state index in [1.807, 2.05) is 0 Å². The molecule has 0 atom stereocenters. The molecule has 0 radical (unpaired) electrons. The van der Waals surface area contributed by atoms with Crippen LogP contribution in [0.15, 0.2) is 18.2 Å². The molecule has 0 unspecified atom stereocenters. The molecule has 0 heterocycles. The van der Waals surface area contributed by atoms with Crippen LogP contribution in [0.25, 0.3) is 0 Å². The van der Waals surface area contributed by atoms with Crippen molar-refractivity contribution >= 4 is 23.3 Å². The molecular formula is C8H7ClNNaO4. The maximum atomic E-state index is 10.6. The fourth-order valence-corrected chi connectivity index (χ4v) is 1.30. The van der Waals surface area contributed by atoms with Gasteiger partial charge in [0.05, 0.1) is 10.8 Å². The van der Waals surface area contributed by atoms with Gasteiger partial charge in [0.1, 0.15) is 5.56 Å². The number of alkyl halides is 1. The molecule has 0 saturated heterocycles. The van der Waals surface area contributed by atoms with Gasteiger partial charge in [0, 0.05) is 5.56 Å². The summed E-state index contributed by atoms with van der Waals surface area (Å²) in [6.45, 7) is 0. The number of benzene rings is 1. The van der Waals surface area contributed by atoms with Crippen LogP contribution in [-0.4, -0.2) is 16.0 Å². The predicted octanol–water partition coefficient (Wildman–Crippen LogP) is -0.852. The van der Waals surface area contributed by atoms with Crippen LogP contribution in [0.4, 0.5) is 5.69 Å². The zero-order valence-corrected chi connectivity index (χ0v) is 10.7. The van der Waals surface area contributed by atoms with E-state index in [2.05, 4.69) is 0 Å². The van der Waals surface area contributed by atoms with Crippen LogP contribution in [0.5, 0.6) is 0 Å². The molecule has 1 aromatic carbocycles. The van der Waals surface area contributed by atoms with Gasteiger partial charge in [-0.25, -0.2) is 4.79 Å². The fourth-order valence-electron chi connectivity index (χ4n) is 1.09. The first kappa shape index (κ1) is 14.4. The number of carbonyl (C=O) groups is 1. The Morgan fingerprint density at radius 3 is 2.60 bits per heavy atom. The van der Waals surface area contributed by atoms with Gasteiger partial charge in [-0.15, -0.1) is 11.6 Å². The van der Waals surface area contributed by atoms with E-state index < -0.39 is 16.6 Å². The number of hydrogen-bond donors (Lipinski definition) is 1. The van der Waals surface area contributed by atoms with Gasteiger partial charge in [-0.2, -0.15) is 0 Å². The van der Waals surface area contributed by atoms with Crippen LogP contribution in [0, 0.1) is 10.1 Å². The van der Waals surface area contributed by atoms with Crippen molar-refractivity contribution in [3.63, 3.8) is 0 Å². The molecule has 0 aliphatic heterocycles. The largest absolute Gasteiger partial charge is 1.00 e. The molecule has 0 fully saturated rings. The van der Waals surface area contributed by atoms with E-state index >= 15 is 0 Å². The summed E-state index contributed by atoms with van der Waals surface area (Å²) in [7, 11) is 0. The Kier molecular flexibility index (Phi) is 5.82. The topological polar surface area (TPSA) is 80.4 Å². The summed E-state index contributed by atoms with van der Waals surface area (Å²) in [4.78, 5) is 20.5. The molecule has 0 amide bonds. The van der Waals surface area contributed by atoms with Gasteiger partial charge in [0.2, 0.25) is 0 Å². The molecule has 0 bridgehead atoms. The Bertz CT molecular complexity index is 402. The number of nitro groups is 1. The zero-order chi connectivity index (χ0) is 10.7. The second-order valence-corrected chi connectivity index (χ2v) is 2.78. The fraction of sp³-hybridized carbons (Fsp3) is 0.125. The molecular weight excluding hydrogens is 233 g/mol. The van der Waals surface area contributed by atoms with E-state index in [0.717, 1.165) is 0 Å². The quantitative estimate of drug-likeness (QED) is 0.322. The number of para-hydroxylation sites is 1. The molecule has 1 rings (SSSR count). The maximum absolute atomic E-state index is 10.6. The second-order valence-electron chi connectivity index (χ2n) is 2.51. The molecule has 0 aromatic heterocycles. The molecule has 76 valence electrons. The number of hydrogen-bond acceptors (Lipinski definition) is 3. The van der Waals surface area contributed by atoms with Crippen LogP contribution in [0.3, 0.4) is 0 Å².